The van der Waals surface area contributed by atoms with Crippen LogP contribution in [0.4, 0.5) is 17.2 Å². The van der Waals surface area contributed by atoms with Crippen LogP contribution in [0.15, 0.2) is 60.8 Å². The maximum Gasteiger partial charge on any atom is 0.123 e. The Labute approximate surface area is 118 Å². The molecule has 0 bridgehead atoms. The van der Waals surface area contributed by atoms with Gasteiger partial charge in [0.15, 0.2) is 0 Å². The Morgan fingerprint density at radius 1 is 1.00 bits per heavy atom. The molecule has 0 aliphatic carbocycles. The highest BCUT2D eigenvalue weighted by molar-refractivity contribution is 5.96. The second-order valence-corrected chi connectivity index (χ2v) is 4.68. The molecule has 0 fully saturated rings. The van der Waals surface area contributed by atoms with E-state index in [0.29, 0.717) is 5.82 Å². The first-order valence-electron chi connectivity index (χ1n) is 6.76. The zero-order valence-corrected chi connectivity index (χ0v) is 11.5. The van der Waals surface area contributed by atoms with Gasteiger partial charge >= 0.3 is 0 Å². The minimum absolute atomic E-state index is 0.544. The van der Waals surface area contributed by atoms with Gasteiger partial charge in [-0.3, -0.25) is 0 Å². The Morgan fingerprint density at radius 3 is 2.55 bits per heavy atom. The van der Waals surface area contributed by atoms with Crippen LogP contribution in [0.2, 0.25) is 0 Å². The van der Waals surface area contributed by atoms with Crippen molar-refractivity contribution >= 4 is 28.0 Å². The molecular formula is C17H17N3. The zero-order valence-electron chi connectivity index (χ0n) is 11.5. The van der Waals surface area contributed by atoms with Crippen LogP contribution in [0.3, 0.4) is 0 Å². The summed E-state index contributed by atoms with van der Waals surface area (Å²) in [6.45, 7) is 3.01. The minimum atomic E-state index is 0.544. The van der Waals surface area contributed by atoms with Gasteiger partial charge in [0.1, 0.15) is 5.82 Å². The molecule has 3 heteroatoms. The highest BCUT2D eigenvalue weighted by atomic mass is 15.1. The maximum atomic E-state index is 5.67. The van der Waals surface area contributed by atoms with Crippen LogP contribution in [0.5, 0.6) is 0 Å². The highest BCUT2D eigenvalue weighted by Crippen LogP contribution is 2.31. The lowest BCUT2D eigenvalue weighted by Gasteiger charge is -2.24. The van der Waals surface area contributed by atoms with E-state index in [1.807, 2.05) is 18.3 Å². The number of aromatic nitrogens is 1. The SMILES string of the molecule is CCN(c1ccc(N)nc1)c1cccc2ccccc12. The van der Waals surface area contributed by atoms with Crippen molar-refractivity contribution in [3.8, 4) is 0 Å². The average molecular weight is 263 g/mol. The van der Waals surface area contributed by atoms with Gasteiger partial charge in [-0.2, -0.15) is 0 Å². The molecule has 0 atom stereocenters. The maximum absolute atomic E-state index is 5.67. The Balaban J connectivity index is 2.14. The minimum Gasteiger partial charge on any atom is -0.384 e. The third kappa shape index (κ3) is 2.18. The van der Waals surface area contributed by atoms with E-state index in [1.165, 1.54) is 16.5 Å². The first-order chi connectivity index (χ1) is 9.79. The van der Waals surface area contributed by atoms with Gasteiger partial charge in [-0.15, -0.1) is 0 Å². The van der Waals surface area contributed by atoms with Gasteiger partial charge < -0.3 is 10.6 Å². The second kappa shape index (κ2) is 5.21. The zero-order chi connectivity index (χ0) is 13.9. The summed E-state index contributed by atoms with van der Waals surface area (Å²) in [5, 5.41) is 2.49. The van der Waals surface area contributed by atoms with Crippen molar-refractivity contribution in [3.05, 3.63) is 60.8 Å². The first-order valence-corrected chi connectivity index (χ1v) is 6.76. The molecule has 20 heavy (non-hydrogen) atoms. The third-order valence-corrected chi connectivity index (χ3v) is 3.46. The Bertz CT molecular complexity index is 714. The molecule has 3 aromatic rings. The number of hydrogen-bond acceptors (Lipinski definition) is 3. The third-order valence-electron chi connectivity index (χ3n) is 3.46. The summed E-state index contributed by atoms with van der Waals surface area (Å²) in [6, 6.07) is 18.6. The van der Waals surface area contributed by atoms with Gasteiger partial charge in [0.2, 0.25) is 0 Å². The van der Waals surface area contributed by atoms with E-state index in [9.17, 15) is 0 Å². The van der Waals surface area contributed by atoms with E-state index < -0.39 is 0 Å². The topological polar surface area (TPSA) is 42.1 Å². The largest absolute Gasteiger partial charge is 0.384 e. The Morgan fingerprint density at radius 2 is 1.80 bits per heavy atom. The summed E-state index contributed by atoms with van der Waals surface area (Å²) in [4.78, 5) is 6.43. The van der Waals surface area contributed by atoms with Gasteiger partial charge in [0.25, 0.3) is 0 Å². The van der Waals surface area contributed by atoms with E-state index in [1.54, 1.807) is 0 Å². The van der Waals surface area contributed by atoms with Crippen LogP contribution in [0.25, 0.3) is 10.8 Å². The standard InChI is InChI=1S/C17H17N3/c1-2-20(14-10-11-17(18)19-12-14)16-9-5-7-13-6-3-4-8-15(13)16/h3-12H,2H2,1H3,(H2,18,19). The van der Waals surface area contributed by atoms with Gasteiger partial charge in [-0.05, 0) is 30.5 Å². The quantitative estimate of drug-likeness (QED) is 0.777. The smallest absolute Gasteiger partial charge is 0.123 e. The molecule has 0 saturated carbocycles. The van der Waals surface area contributed by atoms with E-state index in [0.717, 1.165) is 12.2 Å². The van der Waals surface area contributed by atoms with Crippen molar-refractivity contribution < 1.29 is 0 Å². The first kappa shape index (κ1) is 12.5. The number of rotatable bonds is 3. The number of nitrogens with two attached hydrogens (primary N) is 1. The molecule has 0 spiro atoms. The molecule has 1 aromatic heterocycles. The van der Waals surface area contributed by atoms with Crippen LogP contribution < -0.4 is 10.6 Å². The lowest BCUT2D eigenvalue weighted by atomic mass is 10.1. The van der Waals surface area contributed by atoms with Crippen molar-refractivity contribution in [3.63, 3.8) is 0 Å². The van der Waals surface area contributed by atoms with Crippen LogP contribution >= 0.6 is 0 Å². The molecule has 0 aliphatic rings. The molecule has 0 saturated heterocycles. The summed E-state index contributed by atoms with van der Waals surface area (Å²) >= 11 is 0. The van der Waals surface area contributed by atoms with Gasteiger partial charge in [-0.25, -0.2) is 4.98 Å². The van der Waals surface area contributed by atoms with E-state index in [2.05, 4.69) is 59.3 Å². The monoisotopic (exact) mass is 263 g/mol. The van der Waals surface area contributed by atoms with Crippen molar-refractivity contribution in [1.29, 1.82) is 0 Å². The second-order valence-electron chi connectivity index (χ2n) is 4.68. The summed E-state index contributed by atoms with van der Waals surface area (Å²) in [7, 11) is 0. The molecule has 1 heterocycles. The molecular weight excluding hydrogens is 246 g/mol. The van der Waals surface area contributed by atoms with Crippen molar-refractivity contribution in [1.82, 2.24) is 4.98 Å². The number of anilines is 3. The summed E-state index contributed by atoms with van der Waals surface area (Å²) in [5.74, 6) is 0.544. The number of fused-ring (bicyclic) bond motifs is 1. The number of pyridine rings is 1. The fourth-order valence-electron chi connectivity index (χ4n) is 2.49. The predicted molar refractivity (Wildman–Crippen MR) is 85.3 cm³/mol. The van der Waals surface area contributed by atoms with Crippen molar-refractivity contribution in [2.45, 2.75) is 6.92 Å². The molecule has 0 radical (unpaired) electrons. The fourth-order valence-corrected chi connectivity index (χ4v) is 2.49. The molecule has 2 N–H and O–H groups in total. The molecule has 100 valence electrons. The summed E-state index contributed by atoms with van der Waals surface area (Å²) in [6.07, 6.45) is 1.82. The van der Waals surface area contributed by atoms with Crippen molar-refractivity contribution in [2.75, 3.05) is 17.2 Å². The molecule has 3 rings (SSSR count). The Kier molecular flexibility index (Phi) is 3.25. The van der Waals surface area contributed by atoms with Crippen LogP contribution in [0.1, 0.15) is 6.92 Å². The number of nitrogen functional groups attached to an aromatic ring is 1. The van der Waals surface area contributed by atoms with E-state index in [4.69, 9.17) is 5.73 Å². The van der Waals surface area contributed by atoms with E-state index in [-0.39, 0.29) is 0 Å². The predicted octanol–water partition coefficient (Wildman–Crippen LogP) is 3.98. The van der Waals surface area contributed by atoms with E-state index >= 15 is 0 Å². The molecule has 0 aliphatic heterocycles. The van der Waals surface area contributed by atoms with Gasteiger partial charge in [0, 0.05) is 17.6 Å². The van der Waals surface area contributed by atoms with Crippen LogP contribution in [-0.2, 0) is 0 Å². The molecule has 0 unspecified atom stereocenters. The number of hydrogen-bond donors (Lipinski definition) is 1. The summed E-state index contributed by atoms with van der Waals surface area (Å²) < 4.78 is 0. The average Bonchev–Trinajstić information content (AvgIpc) is 2.50. The molecule has 0 amide bonds. The molecule has 2 aromatic carbocycles. The lowest BCUT2D eigenvalue weighted by molar-refractivity contribution is 1.02. The van der Waals surface area contributed by atoms with Crippen molar-refractivity contribution in [2.24, 2.45) is 0 Å². The summed E-state index contributed by atoms with van der Waals surface area (Å²) in [5.41, 5.74) is 7.91. The fraction of sp³-hybridized carbons (Fsp3) is 0.118. The number of nitrogens with zero attached hydrogens (tertiary/aromatic N) is 2. The van der Waals surface area contributed by atoms with Crippen LogP contribution in [0, 0.1) is 0 Å². The lowest BCUT2D eigenvalue weighted by Crippen LogP contribution is -2.16. The normalized spacial score (nSPS) is 10.7. The molecule has 3 nitrogen and oxygen atoms in total. The van der Waals surface area contributed by atoms with Crippen LogP contribution in [-0.4, -0.2) is 11.5 Å². The van der Waals surface area contributed by atoms with Gasteiger partial charge in [0.05, 0.1) is 11.9 Å². The Hall–Kier alpha value is -2.55. The number of benzene rings is 2. The highest BCUT2D eigenvalue weighted by Gasteiger charge is 2.10. The van der Waals surface area contributed by atoms with Gasteiger partial charge in [-0.1, -0.05) is 36.4 Å².